The summed E-state index contributed by atoms with van der Waals surface area (Å²) in [5.41, 5.74) is -1.22. The highest BCUT2D eigenvalue weighted by Gasteiger charge is 2.36. The van der Waals surface area contributed by atoms with Crippen LogP contribution in [0.5, 0.6) is 5.75 Å². The van der Waals surface area contributed by atoms with Gasteiger partial charge in [-0.1, -0.05) is 49.6 Å². The molecule has 3 rings (SSSR count). The number of nitrogens with one attached hydrogen (secondary N) is 1. The molecule has 1 heterocycles. The minimum Gasteiger partial charge on any atom is -0.496 e. The van der Waals surface area contributed by atoms with Crippen molar-refractivity contribution in [3.8, 4) is 5.75 Å². The summed E-state index contributed by atoms with van der Waals surface area (Å²) in [5.74, 6) is -0.204. The van der Waals surface area contributed by atoms with Crippen LogP contribution in [-0.4, -0.2) is 22.8 Å². The smallest absolute Gasteiger partial charge is 0.435 e. The van der Waals surface area contributed by atoms with Crippen LogP contribution in [0.2, 0.25) is 5.02 Å². The fourth-order valence-electron chi connectivity index (χ4n) is 3.62. The zero-order chi connectivity index (χ0) is 25.6. The van der Waals surface area contributed by atoms with Gasteiger partial charge in [0.15, 0.2) is 5.69 Å². The van der Waals surface area contributed by atoms with Crippen molar-refractivity contribution in [1.29, 1.82) is 0 Å². The Bertz CT molecular complexity index is 1230. The van der Waals surface area contributed by atoms with Crippen molar-refractivity contribution in [1.82, 2.24) is 9.78 Å². The van der Waals surface area contributed by atoms with Gasteiger partial charge in [0.2, 0.25) is 5.91 Å². The van der Waals surface area contributed by atoms with E-state index in [1.807, 2.05) is 6.92 Å². The second-order valence-corrected chi connectivity index (χ2v) is 8.38. The summed E-state index contributed by atoms with van der Waals surface area (Å²) < 4.78 is 47.2. The molecule has 0 bridgehead atoms. The number of aromatic nitrogens is 2. The summed E-state index contributed by atoms with van der Waals surface area (Å²) in [6.45, 7) is 1.88. The van der Waals surface area contributed by atoms with Crippen LogP contribution in [0.4, 0.5) is 18.9 Å². The van der Waals surface area contributed by atoms with Crippen LogP contribution in [-0.2, 0) is 17.4 Å². The number of alkyl halides is 3. The lowest BCUT2D eigenvalue weighted by Crippen LogP contribution is -2.38. The monoisotopic (exact) mass is 507 g/mol. The highest BCUT2D eigenvalue weighted by Crippen LogP contribution is 2.29. The second-order valence-electron chi connectivity index (χ2n) is 7.95. The average Bonchev–Trinajstić information content (AvgIpc) is 2.82. The van der Waals surface area contributed by atoms with Crippen LogP contribution in [0.25, 0.3) is 0 Å². The number of unbranched alkanes of at least 4 members (excludes halogenated alkanes) is 1. The number of carbonyl (C=O) groups is 1. The molecule has 1 N–H and O–H groups in total. The quantitative estimate of drug-likeness (QED) is 0.392. The Labute approximate surface area is 205 Å². The maximum Gasteiger partial charge on any atom is 0.435 e. The van der Waals surface area contributed by atoms with E-state index in [-0.39, 0.29) is 18.4 Å². The number of carbonyl (C=O) groups excluding carboxylic acids is 1. The van der Waals surface area contributed by atoms with Crippen molar-refractivity contribution in [2.24, 2.45) is 0 Å². The lowest BCUT2D eigenvalue weighted by molar-refractivity contribution is -0.143. The number of methoxy groups -OCH3 is 1. The molecule has 0 saturated carbocycles. The molecule has 0 aliphatic rings. The fourth-order valence-corrected chi connectivity index (χ4v) is 3.74. The van der Waals surface area contributed by atoms with Crippen molar-refractivity contribution < 1.29 is 22.7 Å². The number of anilines is 1. The molecule has 0 aliphatic carbocycles. The molecule has 2 aromatic carbocycles. The van der Waals surface area contributed by atoms with Crippen LogP contribution in [0.15, 0.2) is 59.4 Å². The zero-order valence-corrected chi connectivity index (χ0v) is 20.0. The van der Waals surface area contributed by atoms with E-state index in [1.54, 1.807) is 48.5 Å². The molecule has 6 nitrogen and oxygen atoms in total. The molecule has 0 saturated heterocycles. The molecular weight excluding hydrogens is 483 g/mol. The van der Waals surface area contributed by atoms with Crippen molar-refractivity contribution >= 4 is 23.2 Å². The van der Waals surface area contributed by atoms with Gasteiger partial charge in [-0.25, -0.2) is 4.68 Å². The van der Waals surface area contributed by atoms with E-state index in [0.717, 1.165) is 6.07 Å². The van der Waals surface area contributed by atoms with Crippen LogP contribution in [0, 0.1) is 0 Å². The molecule has 1 atom stereocenters. The maximum absolute atomic E-state index is 13.7. The van der Waals surface area contributed by atoms with Gasteiger partial charge in [0.05, 0.1) is 7.11 Å². The molecule has 0 aliphatic heterocycles. The summed E-state index contributed by atoms with van der Waals surface area (Å²) in [5, 5.41) is 6.70. The van der Waals surface area contributed by atoms with Crippen LogP contribution < -0.4 is 15.6 Å². The molecular formula is C25H25ClF3N3O3. The number of benzene rings is 2. The third-order valence-electron chi connectivity index (χ3n) is 5.41. The Hall–Kier alpha value is -3.33. The highest BCUT2D eigenvalue weighted by atomic mass is 35.5. The summed E-state index contributed by atoms with van der Waals surface area (Å²) in [6.07, 6.45) is -3.61. The topological polar surface area (TPSA) is 73.2 Å². The van der Waals surface area contributed by atoms with E-state index in [4.69, 9.17) is 16.3 Å². The maximum atomic E-state index is 13.7. The number of hydrogen-bond acceptors (Lipinski definition) is 4. The average molecular weight is 508 g/mol. The molecule has 1 unspecified atom stereocenters. The van der Waals surface area contributed by atoms with Gasteiger partial charge in [0.25, 0.3) is 5.56 Å². The Morgan fingerprint density at radius 1 is 1.14 bits per heavy atom. The summed E-state index contributed by atoms with van der Waals surface area (Å²) in [4.78, 5) is 26.5. The molecule has 0 fully saturated rings. The van der Waals surface area contributed by atoms with Gasteiger partial charge >= 0.3 is 6.18 Å². The number of hydrogen-bond donors (Lipinski definition) is 1. The molecule has 3 aromatic rings. The Kier molecular flexibility index (Phi) is 8.56. The van der Waals surface area contributed by atoms with Gasteiger partial charge in [0, 0.05) is 22.7 Å². The summed E-state index contributed by atoms with van der Waals surface area (Å²) in [6, 6.07) is 12.5. The van der Waals surface area contributed by atoms with Crippen LogP contribution in [0.3, 0.4) is 0 Å². The summed E-state index contributed by atoms with van der Waals surface area (Å²) >= 11 is 5.88. The Morgan fingerprint density at radius 3 is 2.46 bits per heavy atom. The number of amides is 1. The summed E-state index contributed by atoms with van der Waals surface area (Å²) in [7, 11) is 1.44. The van der Waals surface area contributed by atoms with E-state index >= 15 is 0 Å². The van der Waals surface area contributed by atoms with Gasteiger partial charge in [-0.05, 0) is 48.4 Å². The molecule has 0 spiro atoms. The van der Waals surface area contributed by atoms with E-state index in [9.17, 15) is 22.8 Å². The van der Waals surface area contributed by atoms with Crippen molar-refractivity contribution in [3.63, 3.8) is 0 Å². The van der Waals surface area contributed by atoms with Crippen LogP contribution in [0.1, 0.15) is 49.0 Å². The highest BCUT2D eigenvalue weighted by molar-refractivity contribution is 6.30. The van der Waals surface area contributed by atoms with E-state index in [2.05, 4.69) is 10.4 Å². The number of nitrogens with zero attached hydrogens (tertiary/aromatic N) is 2. The van der Waals surface area contributed by atoms with Crippen molar-refractivity contribution in [2.45, 2.75) is 44.8 Å². The van der Waals surface area contributed by atoms with E-state index in [1.165, 1.54) is 7.11 Å². The SMILES string of the molecule is CCCCC(C(=O)Nc1ccc(Cl)cc1)n1nc(C(F)(F)F)cc(Cc2ccccc2OC)c1=O. The lowest BCUT2D eigenvalue weighted by atomic mass is 10.0. The number of ether oxygens (including phenoxy) is 1. The molecule has 1 amide bonds. The molecule has 35 heavy (non-hydrogen) atoms. The molecule has 10 heteroatoms. The van der Waals surface area contributed by atoms with Gasteiger partial charge in [-0.3, -0.25) is 9.59 Å². The van der Waals surface area contributed by atoms with Crippen molar-refractivity contribution in [2.75, 3.05) is 12.4 Å². The fraction of sp³-hybridized carbons (Fsp3) is 0.320. The predicted molar refractivity (Wildman–Crippen MR) is 128 cm³/mol. The predicted octanol–water partition coefficient (Wildman–Crippen LogP) is 5.88. The minimum atomic E-state index is -4.81. The first kappa shape index (κ1) is 26.3. The normalized spacial score (nSPS) is 12.3. The molecule has 186 valence electrons. The molecule has 0 radical (unpaired) electrons. The van der Waals surface area contributed by atoms with E-state index in [0.29, 0.717) is 39.5 Å². The first-order valence-corrected chi connectivity index (χ1v) is 11.4. The van der Waals surface area contributed by atoms with E-state index < -0.39 is 29.4 Å². The van der Waals surface area contributed by atoms with Gasteiger partial charge in [0.1, 0.15) is 11.8 Å². The van der Waals surface area contributed by atoms with Gasteiger partial charge < -0.3 is 10.1 Å². The zero-order valence-electron chi connectivity index (χ0n) is 19.2. The number of halogens is 4. The molecule has 1 aromatic heterocycles. The largest absolute Gasteiger partial charge is 0.496 e. The third kappa shape index (κ3) is 6.63. The Morgan fingerprint density at radius 2 is 1.83 bits per heavy atom. The third-order valence-corrected chi connectivity index (χ3v) is 5.67. The second kappa shape index (κ2) is 11.4. The van der Waals surface area contributed by atoms with Crippen molar-refractivity contribution in [3.05, 3.63) is 86.8 Å². The number of para-hydroxylation sites is 1. The standard InChI is InChI=1S/C25H25ClF3N3O3/c1-3-4-8-20(23(33)30-19-12-10-18(26)11-13-19)32-24(34)17(15-22(31-32)25(27,28)29)14-16-7-5-6-9-21(16)35-2/h5-7,9-13,15,20H,3-4,8,14H2,1-2H3,(H,30,33). The van der Waals surface area contributed by atoms with Gasteiger partial charge in [-0.15, -0.1) is 0 Å². The number of rotatable bonds is 9. The lowest BCUT2D eigenvalue weighted by Gasteiger charge is -2.21. The first-order valence-electron chi connectivity index (χ1n) is 11.0. The van der Waals surface area contributed by atoms with Gasteiger partial charge in [-0.2, -0.15) is 18.3 Å². The Balaban J connectivity index is 2.08. The minimum absolute atomic E-state index is 0.117. The first-order chi connectivity index (χ1) is 16.6. The van der Waals surface area contributed by atoms with Crippen LogP contribution >= 0.6 is 11.6 Å².